The maximum Gasteiger partial charge on any atom is 0.265 e. The van der Waals surface area contributed by atoms with Crippen LogP contribution in [0.4, 0.5) is 5.95 Å². The largest absolute Gasteiger partial charge is 0.497 e. The summed E-state index contributed by atoms with van der Waals surface area (Å²) in [6.45, 7) is 2.04. The molecule has 0 aliphatic rings. The molecule has 2 aromatic carbocycles. The average molecular weight is 362 g/mol. The molecule has 8 nitrogen and oxygen atoms in total. The van der Waals surface area contributed by atoms with Gasteiger partial charge in [0.25, 0.3) is 5.95 Å². The van der Waals surface area contributed by atoms with Gasteiger partial charge in [-0.3, -0.25) is 0 Å². The normalized spacial score (nSPS) is 11.4. The fraction of sp³-hybridized carbons (Fsp3) is 0.158. The molecule has 0 aliphatic heterocycles. The minimum Gasteiger partial charge on any atom is -0.497 e. The van der Waals surface area contributed by atoms with Crippen molar-refractivity contribution in [3.05, 3.63) is 47.5 Å². The van der Waals surface area contributed by atoms with Crippen molar-refractivity contribution in [1.82, 2.24) is 20.2 Å². The zero-order valence-electron chi connectivity index (χ0n) is 15.1. The standard InChI is InChI=1S/C19H18N6O2/c1-11-5-4-6-14-16(11)21-18-17(14)23-25-19(22-18)24-20-10-12-9-13(26-2)7-8-15(12)27-3/h4-10H,1-3H3,(H2,21,22,24,25)/b20-10+. The molecule has 0 radical (unpaired) electrons. The van der Waals surface area contributed by atoms with Gasteiger partial charge in [0.1, 0.15) is 17.0 Å². The molecule has 4 rings (SSSR count). The molecular formula is C19H18N6O2. The Balaban J connectivity index is 1.61. The van der Waals surface area contributed by atoms with Crippen molar-refractivity contribution in [2.24, 2.45) is 5.10 Å². The van der Waals surface area contributed by atoms with E-state index in [1.165, 1.54) is 0 Å². The minimum atomic E-state index is 0.296. The number of hydrogen-bond acceptors (Lipinski definition) is 7. The predicted octanol–water partition coefficient (Wildman–Crippen LogP) is 3.28. The maximum atomic E-state index is 5.33. The number of hydrazone groups is 1. The van der Waals surface area contributed by atoms with Crippen LogP contribution in [0.2, 0.25) is 0 Å². The van der Waals surface area contributed by atoms with Crippen LogP contribution >= 0.6 is 0 Å². The van der Waals surface area contributed by atoms with Crippen LogP contribution in [0.5, 0.6) is 11.5 Å². The first-order chi connectivity index (χ1) is 13.2. The third kappa shape index (κ3) is 3.12. The van der Waals surface area contributed by atoms with E-state index >= 15 is 0 Å². The topological polar surface area (TPSA) is 97.3 Å². The SMILES string of the molecule is COc1ccc(OC)c(/C=N/Nc2nnc3c(n2)[nH]c2c(C)cccc23)c1. The summed E-state index contributed by atoms with van der Waals surface area (Å²) < 4.78 is 10.6. The molecule has 0 bridgehead atoms. The molecule has 0 atom stereocenters. The van der Waals surface area contributed by atoms with Crippen LogP contribution in [-0.4, -0.2) is 40.6 Å². The van der Waals surface area contributed by atoms with Gasteiger partial charge in [0.05, 0.1) is 26.0 Å². The van der Waals surface area contributed by atoms with E-state index in [1.807, 2.05) is 43.3 Å². The molecule has 0 amide bonds. The van der Waals surface area contributed by atoms with Gasteiger partial charge in [-0.2, -0.15) is 10.1 Å². The number of anilines is 1. The number of para-hydroxylation sites is 1. The van der Waals surface area contributed by atoms with Gasteiger partial charge >= 0.3 is 0 Å². The number of aromatic nitrogens is 4. The summed E-state index contributed by atoms with van der Waals surface area (Å²) in [5, 5.41) is 13.6. The Labute approximate surface area is 155 Å². The van der Waals surface area contributed by atoms with Crippen LogP contribution in [0.1, 0.15) is 11.1 Å². The zero-order valence-corrected chi connectivity index (χ0v) is 15.1. The third-order valence-corrected chi connectivity index (χ3v) is 4.26. The molecule has 8 heteroatoms. The number of fused-ring (bicyclic) bond motifs is 3. The van der Waals surface area contributed by atoms with Crippen molar-refractivity contribution < 1.29 is 9.47 Å². The highest BCUT2D eigenvalue weighted by Crippen LogP contribution is 2.25. The number of hydrogen-bond donors (Lipinski definition) is 2. The summed E-state index contributed by atoms with van der Waals surface area (Å²) in [5.41, 5.74) is 7.10. The van der Waals surface area contributed by atoms with Gasteiger partial charge in [0.2, 0.25) is 0 Å². The first kappa shape index (κ1) is 16.8. The van der Waals surface area contributed by atoms with E-state index in [0.717, 1.165) is 27.5 Å². The van der Waals surface area contributed by atoms with E-state index < -0.39 is 0 Å². The summed E-state index contributed by atoms with van der Waals surface area (Å²) in [6, 6.07) is 11.5. The van der Waals surface area contributed by atoms with Crippen LogP contribution in [0, 0.1) is 6.92 Å². The molecule has 0 saturated heterocycles. The highest BCUT2D eigenvalue weighted by atomic mass is 16.5. The second-order valence-electron chi connectivity index (χ2n) is 5.93. The molecule has 4 aromatic rings. The number of aromatic amines is 1. The molecule has 0 spiro atoms. The Hall–Kier alpha value is -3.68. The van der Waals surface area contributed by atoms with Gasteiger partial charge in [0.15, 0.2) is 5.65 Å². The minimum absolute atomic E-state index is 0.296. The lowest BCUT2D eigenvalue weighted by Gasteiger charge is -2.06. The van der Waals surface area contributed by atoms with Crippen LogP contribution in [0.3, 0.4) is 0 Å². The molecular weight excluding hydrogens is 344 g/mol. The van der Waals surface area contributed by atoms with Crippen molar-refractivity contribution in [3.8, 4) is 11.5 Å². The van der Waals surface area contributed by atoms with Gasteiger partial charge in [-0.05, 0) is 30.7 Å². The van der Waals surface area contributed by atoms with Crippen LogP contribution in [0.25, 0.3) is 22.1 Å². The van der Waals surface area contributed by atoms with Crippen molar-refractivity contribution in [2.45, 2.75) is 6.92 Å². The Morgan fingerprint density at radius 1 is 1.11 bits per heavy atom. The number of nitrogens with zero attached hydrogens (tertiary/aromatic N) is 4. The Kier molecular flexibility index (Phi) is 4.29. The maximum absolute atomic E-state index is 5.33. The van der Waals surface area contributed by atoms with Gasteiger partial charge in [-0.15, -0.1) is 10.2 Å². The number of nitrogens with one attached hydrogen (secondary N) is 2. The van der Waals surface area contributed by atoms with Gasteiger partial charge in [-0.1, -0.05) is 18.2 Å². The predicted molar refractivity (Wildman–Crippen MR) is 105 cm³/mol. The Morgan fingerprint density at radius 3 is 2.81 bits per heavy atom. The summed E-state index contributed by atoms with van der Waals surface area (Å²) in [7, 11) is 3.21. The quantitative estimate of drug-likeness (QED) is 0.418. The summed E-state index contributed by atoms with van der Waals surface area (Å²) >= 11 is 0. The zero-order chi connectivity index (χ0) is 18.8. The molecule has 136 valence electrons. The highest BCUT2D eigenvalue weighted by molar-refractivity contribution is 6.04. The molecule has 0 unspecified atom stereocenters. The first-order valence-electron chi connectivity index (χ1n) is 8.32. The van der Waals surface area contributed by atoms with E-state index in [-0.39, 0.29) is 0 Å². The Morgan fingerprint density at radius 2 is 2.00 bits per heavy atom. The lowest BCUT2D eigenvalue weighted by molar-refractivity contribution is 0.402. The second kappa shape index (κ2) is 6.91. The number of aryl methyl sites for hydroxylation is 1. The highest BCUT2D eigenvalue weighted by Gasteiger charge is 2.10. The molecule has 0 fully saturated rings. The molecule has 2 aromatic heterocycles. The lowest BCUT2D eigenvalue weighted by Crippen LogP contribution is -2.00. The summed E-state index contributed by atoms with van der Waals surface area (Å²) in [6.07, 6.45) is 1.62. The molecule has 2 N–H and O–H groups in total. The average Bonchev–Trinajstić information content (AvgIpc) is 3.07. The van der Waals surface area contributed by atoms with E-state index in [2.05, 4.69) is 30.7 Å². The van der Waals surface area contributed by atoms with E-state index in [1.54, 1.807) is 20.4 Å². The monoisotopic (exact) mass is 362 g/mol. The fourth-order valence-corrected chi connectivity index (χ4v) is 2.89. The molecule has 27 heavy (non-hydrogen) atoms. The van der Waals surface area contributed by atoms with Crippen LogP contribution < -0.4 is 14.9 Å². The number of methoxy groups -OCH3 is 2. The van der Waals surface area contributed by atoms with E-state index in [0.29, 0.717) is 23.1 Å². The lowest BCUT2D eigenvalue weighted by atomic mass is 10.1. The number of ether oxygens (including phenoxy) is 2. The molecule has 0 aliphatic carbocycles. The van der Waals surface area contributed by atoms with Crippen molar-refractivity contribution in [1.29, 1.82) is 0 Å². The molecule has 2 heterocycles. The first-order valence-corrected chi connectivity index (χ1v) is 8.32. The van der Waals surface area contributed by atoms with Crippen molar-refractivity contribution in [3.63, 3.8) is 0 Å². The molecule has 0 saturated carbocycles. The van der Waals surface area contributed by atoms with Crippen molar-refractivity contribution in [2.75, 3.05) is 19.6 Å². The van der Waals surface area contributed by atoms with Gasteiger partial charge < -0.3 is 14.5 Å². The van der Waals surface area contributed by atoms with E-state index in [9.17, 15) is 0 Å². The van der Waals surface area contributed by atoms with E-state index in [4.69, 9.17) is 9.47 Å². The second-order valence-corrected chi connectivity index (χ2v) is 5.93. The summed E-state index contributed by atoms with van der Waals surface area (Å²) in [5.74, 6) is 1.69. The van der Waals surface area contributed by atoms with Crippen molar-refractivity contribution >= 4 is 34.2 Å². The van der Waals surface area contributed by atoms with Crippen LogP contribution in [-0.2, 0) is 0 Å². The van der Waals surface area contributed by atoms with Crippen LogP contribution in [0.15, 0.2) is 41.5 Å². The number of rotatable bonds is 5. The third-order valence-electron chi connectivity index (χ3n) is 4.26. The summed E-state index contributed by atoms with van der Waals surface area (Å²) in [4.78, 5) is 7.74. The van der Waals surface area contributed by atoms with Gasteiger partial charge in [-0.25, -0.2) is 5.43 Å². The number of H-pyrrole nitrogens is 1. The fourth-order valence-electron chi connectivity index (χ4n) is 2.89. The van der Waals surface area contributed by atoms with Gasteiger partial charge in [0, 0.05) is 10.9 Å². The number of benzene rings is 2. The Bertz CT molecular complexity index is 1150. The smallest absolute Gasteiger partial charge is 0.265 e.